The Morgan fingerprint density at radius 3 is 2.72 bits per heavy atom. The zero-order valence-corrected chi connectivity index (χ0v) is 18.8. The van der Waals surface area contributed by atoms with Crippen molar-refractivity contribution in [2.24, 2.45) is 0 Å². The van der Waals surface area contributed by atoms with Gasteiger partial charge in [-0.1, -0.05) is 53.5 Å². The van der Waals surface area contributed by atoms with Gasteiger partial charge in [-0.25, -0.2) is 4.98 Å². The Hall–Kier alpha value is -3.02. The van der Waals surface area contributed by atoms with Crippen molar-refractivity contribution in [3.63, 3.8) is 0 Å². The lowest BCUT2D eigenvalue weighted by atomic mass is 10.0. The van der Waals surface area contributed by atoms with Crippen LogP contribution < -0.4 is 9.64 Å². The smallest absolute Gasteiger partial charge is 0.246 e. The van der Waals surface area contributed by atoms with Crippen molar-refractivity contribution in [2.45, 2.75) is 26.0 Å². The largest absolute Gasteiger partial charge is 0.484 e. The normalized spacial score (nSPS) is 13.2. The SMILES string of the molecule is O=C(Cn1c(COc2ccc(Cl)cc2Cl)nc2ccccc21)N1CCCc2ccccc21. The minimum Gasteiger partial charge on any atom is -0.484 e. The summed E-state index contributed by atoms with van der Waals surface area (Å²) >= 11 is 12.2. The quantitative estimate of drug-likeness (QED) is 0.368. The fourth-order valence-electron chi connectivity index (χ4n) is 4.16. The highest BCUT2D eigenvalue weighted by molar-refractivity contribution is 6.35. The highest BCUT2D eigenvalue weighted by Crippen LogP contribution is 2.30. The minimum atomic E-state index is 0.0334. The Balaban J connectivity index is 1.44. The van der Waals surface area contributed by atoms with Crippen molar-refractivity contribution in [1.29, 1.82) is 0 Å². The summed E-state index contributed by atoms with van der Waals surface area (Å²) in [5, 5.41) is 0.975. The van der Waals surface area contributed by atoms with E-state index in [9.17, 15) is 4.79 Å². The first kappa shape index (κ1) is 20.9. The van der Waals surface area contributed by atoms with Crippen molar-refractivity contribution in [2.75, 3.05) is 11.4 Å². The lowest BCUT2D eigenvalue weighted by Crippen LogP contribution is -2.38. The molecular formula is C25H21Cl2N3O2. The van der Waals surface area contributed by atoms with Crippen molar-refractivity contribution in [3.8, 4) is 5.75 Å². The summed E-state index contributed by atoms with van der Waals surface area (Å²) < 4.78 is 7.86. The van der Waals surface area contributed by atoms with E-state index in [0.717, 1.165) is 29.6 Å². The number of para-hydroxylation sites is 3. The molecule has 4 aromatic rings. The molecular weight excluding hydrogens is 445 g/mol. The molecule has 0 N–H and O–H groups in total. The van der Waals surface area contributed by atoms with E-state index >= 15 is 0 Å². The van der Waals surface area contributed by atoms with Gasteiger partial charge in [0.25, 0.3) is 0 Å². The molecule has 0 fully saturated rings. The number of carbonyl (C=O) groups is 1. The summed E-state index contributed by atoms with van der Waals surface area (Å²) in [5.41, 5.74) is 3.93. The van der Waals surface area contributed by atoms with Crippen LogP contribution in [-0.4, -0.2) is 22.0 Å². The van der Waals surface area contributed by atoms with E-state index in [0.29, 0.717) is 28.2 Å². The molecule has 1 aliphatic rings. The van der Waals surface area contributed by atoms with Gasteiger partial charge in [-0.2, -0.15) is 0 Å². The Labute approximate surface area is 196 Å². The van der Waals surface area contributed by atoms with Gasteiger partial charge in [0.2, 0.25) is 5.91 Å². The van der Waals surface area contributed by atoms with Crippen molar-refractivity contribution >= 4 is 45.8 Å². The molecule has 0 saturated heterocycles. The highest BCUT2D eigenvalue weighted by Gasteiger charge is 2.24. The fourth-order valence-corrected chi connectivity index (χ4v) is 4.62. The van der Waals surface area contributed by atoms with Crippen LogP contribution in [0.5, 0.6) is 5.75 Å². The molecule has 1 amide bonds. The molecule has 32 heavy (non-hydrogen) atoms. The molecule has 7 heteroatoms. The van der Waals surface area contributed by atoms with Crippen LogP contribution in [0.1, 0.15) is 17.8 Å². The number of imidazole rings is 1. The average Bonchev–Trinajstić information content (AvgIpc) is 3.15. The second-order valence-electron chi connectivity index (χ2n) is 7.74. The number of carbonyl (C=O) groups excluding carboxylic acids is 1. The molecule has 0 bridgehead atoms. The third-order valence-electron chi connectivity index (χ3n) is 5.69. The first-order valence-corrected chi connectivity index (χ1v) is 11.3. The maximum absolute atomic E-state index is 13.4. The second-order valence-corrected chi connectivity index (χ2v) is 8.59. The average molecular weight is 466 g/mol. The predicted octanol–water partition coefficient (Wildman–Crippen LogP) is 5.90. The number of hydrogen-bond acceptors (Lipinski definition) is 3. The van der Waals surface area contributed by atoms with Crippen molar-refractivity contribution < 1.29 is 9.53 Å². The van der Waals surface area contributed by atoms with Crippen LogP contribution in [0.3, 0.4) is 0 Å². The summed E-state index contributed by atoms with van der Waals surface area (Å²) in [5.74, 6) is 1.22. The van der Waals surface area contributed by atoms with Crippen LogP contribution in [0.4, 0.5) is 5.69 Å². The van der Waals surface area contributed by atoms with E-state index in [4.69, 9.17) is 32.9 Å². The van der Waals surface area contributed by atoms with Gasteiger partial charge in [-0.3, -0.25) is 4.79 Å². The topological polar surface area (TPSA) is 47.4 Å². The maximum atomic E-state index is 13.4. The molecule has 0 atom stereocenters. The van der Waals surface area contributed by atoms with Gasteiger partial charge >= 0.3 is 0 Å². The van der Waals surface area contributed by atoms with Crippen molar-refractivity contribution in [1.82, 2.24) is 9.55 Å². The number of hydrogen-bond donors (Lipinski definition) is 0. The second kappa shape index (κ2) is 8.85. The Morgan fingerprint density at radius 1 is 1.03 bits per heavy atom. The third-order valence-corrected chi connectivity index (χ3v) is 6.22. The van der Waals surface area contributed by atoms with Crippen molar-refractivity contribution in [3.05, 3.63) is 88.2 Å². The van der Waals surface area contributed by atoms with E-state index in [2.05, 4.69) is 6.07 Å². The Morgan fingerprint density at radius 2 is 1.84 bits per heavy atom. The highest BCUT2D eigenvalue weighted by atomic mass is 35.5. The fraction of sp³-hybridized carbons (Fsp3) is 0.200. The molecule has 0 radical (unpaired) electrons. The first-order chi connectivity index (χ1) is 15.6. The number of ether oxygens (including phenoxy) is 1. The van der Waals surface area contributed by atoms with Gasteiger partial charge in [-0.15, -0.1) is 0 Å². The summed E-state index contributed by atoms with van der Waals surface area (Å²) in [4.78, 5) is 20.0. The van der Waals surface area contributed by atoms with Gasteiger partial charge in [0, 0.05) is 17.3 Å². The number of amides is 1. The van der Waals surface area contributed by atoms with Gasteiger partial charge in [0.15, 0.2) is 0 Å². The lowest BCUT2D eigenvalue weighted by molar-refractivity contribution is -0.119. The van der Waals surface area contributed by atoms with E-state index in [-0.39, 0.29) is 19.1 Å². The van der Waals surface area contributed by atoms with Crippen LogP contribution in [0, 0.1) is 0 Å². The maximum Gasteiger partial charge on any atom is 0.246 e. The first-order valence-electron chi connectivity index (χ1n) is 10.5. The number of nitrogens with zero attached hydrogens (tertiary/aromatic N) is 3. The van der Waals surface area contributed by atoms with Crippen LogP contribution in [0.2, 0.25) is 10.0 Å². The minimum absolute atomic E-state index is 0.0334. The standard InChI is InChI=1S/C25H21Cl2N3O2/c26-18-11-12-23(19(27)14-18)32-16-24-28-20-8-2-4-10-22(20)30(24)15-25(31)29-13-5-7-17-6-1-3-9-21(17)29/h1-4,6,8-12,14H,5,7,13,15-16H2. The van der Waals surface area contributed by atoms with E-state index in [1.54, 1.807) is 18.2 Å². The van der Waals surface area contributed by atoms with Gasteiger partial charge in [-0.05, 0) is 54.8 Å². The van der Waals surface area contributed by atoms with E-state index in [1.165, 1.54) is 5.56 Å². The number of aromatic nitrogens is 2. The van der Waals surface area contributed by atoms with Gasteiger partial charge in [0.05, 0.1) is 16.1 Å². The molecule has 0 spiro atoms. The van der Waals surface area contributed by atoms with Crippen LogP contribution in [-0.2, 0) is 24.4 Å². The molecule has 5 rings (SSSR count). The predicted molar refractivity (Wildman–Crippen MR) is 128 cm³/mol. The summed E-state index contributed by atoms with van der Waals surface area (Å²) in [7, 11) is 0. The monoisotopic (exact) mass is 465 g/mol. The third kappa shape index (κ3) is 4.06. The van der Waals surface area contributed by atoms with Crippen LogP contribution >= 0.6 is 23.2 Å². The van der Waals surface area contributed by atoms with Gasteiger partial charge < -0.3 is 14.2 Å². The molecule has 2 heterocycles. The van der Waals surface area contributed by atoms with E-state index < -0.39 is 0 Å². The number of rotatable bonds is 5. The van der Waals surface area contributed by atoms with E-state index in [1.807, 2.05) is 51.9 Å². The number of benzene rings is 3. The summed E-state index contributed by atoms with van der Waals surface area (Å²) in [6.07, 6.45) is 1.95. The molecule has 162 valence electrons. The van der Waals surface area contributed by atoms with Gasteiger partial charge in [0.1, 0.15) is 24.7 Å². The number of aryl methyl sites for hydroxylation is 1. The molecule has 5 nitrogen and oxygen atoms in total. The molecule has 0 aliphatic carbocycles. The molecule has 1 aromatic heterocycles. The number of fused-ring (bicyclic) bond motifs is 2. The summed E-state index contributed by atoms with van der Waals surface area (Å²) in [6, 6.07) is 21.0. The zero-order chi connectivity index (χ0) is 22.1. The van der Waals surface area contributed by atoms with Crippen LogP contribution in [0.25, 0.3) is 11.0 Å². The number of halogens is 2. The molecule has 0 saturated carbocycles. The Kier molecular flexibility index (Phi) is 5.77. The molecule has 3 aromatic carbocycles. The summed E-state index contributed by atoms with van der Waals surface area (Å²) in [6.45, 7) is 1.08. The lowest BCUT2D eigenvalue weighted by Gasteiger charge is -2.29. The van der Waals surface area contributed by atoms with Crippen LogP contribution in [0.15, 0.2) is 66.7 Å². The zero-order valence-electron chi connectivity index (χ0n) is 17.3. The Bertz CT molecular complexity index is 1300. The molecule has 1 aliphatic heterocycles. The number of anilines is 1. The molecule has 0 unspecified atom stereocenters.